The number of benzene rings is 1. The summed E-state index contributed by atoms with van der Waals surface area (Å²) in [7, 11) is 0. The van der Waals surface area contributed by atoms with Crippen LogP contribution in [0.1, 0.15) is 25.2 Å². The molecule has 0 saturated heterocycles. The van der Waals surface area contributed by atoms with Gasteiger partial charge in [-0.3, -0.25) is 5.10 Å². The van der Waals surface area contributed by atoms with Crippen molar-refractivity contribution < 1.29 is 22.3 Å². The number of alkyl halides is 3. The van der Waals surface area contributed by atoms with E-state index in [0.29, 0.717) is 29.5 Å². The van der Waals surface area contributed by atoms with Crippen LogP contribution in [0.3, 0.4) is 0 Å². The largest absolute Gasteiger partial charge is 0.477 e. The molecular weight excluding hydrogens is 376 g/mol. The number of aryl methyl sites for hydroxylation is 1. The van der Waals surface area contributed by atoms with Gasteiger partial charge in [-0.1, -0.05) is 19.9 Å². The molecule has 0 radical (unpaired) electrons. The number of rotatable bonds is 5. The summed E-state index contributed by atoms with van der Waals surface area (Å²) in [6, 6.07) is 5.91. The molecule has 28 heavy (non-hydrogen) atoms. The smallest absolute Gasteiger partial charge is 0.451 e. The van der Waals surface area contributed by atoms with Crippen molar-refractivity contribution in [2.24, 2.45) is 5.92 Å². The normalized spacial score (nSPS) is 11.9. The Kier molecular flexibility index (Phi) is 5.35. The topological polar surface area (TPSA) is 63.7 Å². The van der Waals surface area contributed by atoms with Crippen LogP contribution in [0.2, 0.25) is 0 Å². The zero-order valence-corrected chi connectivity index (χ0v) is 15.4. The van der Waals surface area contributed by atoms with Gasteiger partial charge < -0.3 is 4.74 Å². The van der Waals surface area contributed by atoms with E-state index in [4.69, 9.17) is 4.74 Å². The Hall–Kier alpha value is -2.97. The summed E-state index contributed by atoms with van der Waals surface area (Å²) >= 11 is 0. The summed E-state index contributed by atoms with van der Waals surface area (Å²) in [5.74, 6) is -1.53. The van der Waals surface area contributed by atoms with Gasteiger partial charge in [-0.2, -0.15) is 18.3 Å². The van der Waals surface area contributed by atoms with Crippen LogP contribution in [0.5, 0.6) is 5.88 Å². The van der Waals surface area contributed by atoms with Crippen molar-refractivity contribution in [3.63, 3.8) is 0 Å². The number of H-pyrrole nitrogens is 1. The second kappa shape index (κ2) is 7.57. The van der Waals surface area contributed by atoms with Gasteiger partial charge in [-0.15, -0.1) is 0 Å². The van der Waals surface area contributed by atoms with Crippen LogP contribution in [0.25, 0.3) is 22.5 Å². The Morgan fingerprint density at radius 2 is 1.89 bits per heavy atom. The van der Waals surface area contributed by atoms with Crippen molar-refractivity contribution in [1.82, 2.24) is 20.2 Å². The summed E-state index contributed by atoms with van der Waals surface area (Å²) in [6.45, 7) is 6.43. The van der Waals surface area contributed by atoms with E-state index in [1.165, 1.54) is 12.1 Å². The summed E-state index contributed by atoms with van der Waals surface area (Å²) in [5, 5.41) is 5.23. The average Bonchev–Trinajstić information content (AvgIpc) is 3.10. The van der Waals surface area contributed by atoms with Gasteiger partial charge in [0.25, 0.3) is 0 Å². The van der Waals surface area contributed by atoms with E-state index in [2.05, 4.69) is 15.1 Å². The number of hydrogen-bond acceptors (Lipinski definition) is 4. The first kappa shape index (κ1) is 19.8. The average molecular weight is 394 g/mol. The fourth-order valence-corrected chi connectivity index (χ4v) is 2.54. The third-order valence-electron chi connectivity index (χ3n) is 3.93. The molecule has 3 rings (SSSR count). The van der Waals surface area contributed by atoms with E-state index in [9.17, 15) is 17.6 Å². The third-order valence-corrected chi connectivity index (χ3v) is 3.93. The van der Waals surface area contributed by atoms with E-state index < -0.39 is 17.8 Å². The molecule has 0 aliphatic heterocycles. The second-order valence-electron chi connectivity index (χ2n) is 6.74. The lowest BCUT2D eigenvalue weighted by Gasteiger charge is -2.11. The predicted octanol–water partition coefficient (Wildman–Crippen LogP) is 5.03. The quantitative estimate of drug-likeness (QED) is 0.616. The van der Waals surface area contributed by atoms with Crippen molar-refractivity contribution in [3.8, 4) is 28.4 Å². The summed E-state index contributed by atoms with van der Waals surface area (Å²) in [4.78, 5) is 7.55. The maximum Gasteiger partial charge on any atom is 0.451 e. The monoisotopic (exact) mass is 394 g/mol. The lowest BCUT2D eigenvalue weighted by molar-refractivity contribution is -0.144. The molecule has 148 valence electrons. The minimum atomic E-state index is -4.68. The number of aromatic nitrogens is 4. The van der Waals surface area contributed by atoms with Crippen molar-refractivity contribution in [1.29, 1.82) is 0 Å². The van der Waals surface area contributed by atoms with Crippen LogP contribution >= 0.6 is 0 Å². The molecule has 0 fully saturated rings. The van der Waals surface area contributed by atoms with Crippen LogP contribution in [0.4, 0.5) is 17.6 Å². The number of halogens is 4. The molecule has 0 aliphatic rings. The van der Waals surface area contributed by atoms with Gasteiger partial charge in [0.15, 0.2) is 5.82 Å². The minimum Gasteiger partial charge on any atom is -0.477 e. The fraction of sp³-hybridized carbons (Fsp3) is 0.316. The van der Waals surface area contributed by atoms with Crippen LogP contribution in [0, 0.1) is 18.7 Å². The molecule has 0 aliphatic carbocycles. The predicted molar refractivity (Wildman–Crippen MR) is 95.1 cm³/mol. The SMILES string of the molecule is Cc1cc(OCC(C)C)ncc1-c1ccc(-c2n[nH]c(C(F)(F)F)n2)c(F)c1. The molecule has 0 unspecified atom stereocenters. The molecule has 1 aromatic carbocycles. The highest BCUT2D eigenvalue weighted by molar-refractivity contribution is 5.70. The summed E-state index contributed by atoms with van der Waals surface area (Å²) < 4.78 is 58.0. The Labute approximate surface area is 158 Å². The Bertz CT molecular complexity index is 982. The molecular formula is C19H18F4N4O. The van der Waals surface area contributed by atoms with Crippen molar-refractivity contribution in [2.75, 3.05) is 6.61 Å². The van der Waals surface area contributed by atoms with Crippen LogP contribution in [0.15, 0.2) is 30.5 Å². The highest BCUT2D eigenvalue weighted by Crippen LogP contribution is 2.31. The summed E-state index contributed by atoms with van der Waals surface area (Å²) in [6.07, 6.45) is -3.10. The summed E-state index contributed by atoms with van der Waals surface area (Å²) in [5.41, 5.74) is 1.93. The van der Waals surface area contributed by atoms with Crippen molar-refractivity contribution >= 4 is 0 Å². The number of nitrogens with zero attached hydrogens (tertiary/aromatic N) is 3. The van der Waals surface area contributed by atoms with Crippen LogP contribution in [-0.2, 0) is 6.18 Å². The van der Waals surface area contributed by atoms with Gasteiger partial charge in [0.05, 0.1) is 12.2 Å². The molecule has 0 bridgehead atoms. The Morgan fingerprint density at radius 1 is 1.14 bits per heavy atom. The van der Waals surface area contributed by atoms with E-state index in [1.54, 1.807) is 23.4 Å². The molecule has 3 aromatic rings. The van der Waals surface area contributed by atoms with Gasteiger partial charge in [0.2, 0.25) is 11.7 Å². The first-order chi connectivity index (χ1) is 13.1. The van der Waals surface area contributed by atoms with Crippen molar-refractivity contribution in [3.05, 3.63) is 47.7 Å². The first-order valence-corrected chi connectivity index (χ1v) is 8.54. The van der Waals surface area contributed by atoms with E-state index >= 15 is 0 Å². The standard InChI is InChI=1S/C19H18F4N4O/c1-10(2)9-28-16-6-11(3)14(8-24-16)12-4-5-13(15(20)7-12)17-25-18(27-26-17)19(21,22)23/h4-8,10H,9H2,1-3H3,(H,25,26,27). The number of ether oxygens (including phenoxy) is 1. The highest BCUT2D eigenvalue weighted by Gasteiger charge is 2.35. The third kappa shape index (κ3) is 4.29. The Balaban J connectivity index is 1.87. The number of pyridine rings is 1. The highest BCUT2D eigenvalue weighted by atomic mass is 19.4. The maximum atomic E-state index is 14.5. The molecule has 5 nitrogen and oxygen atoms in total. The second-order valence-corrected chi connectivity index (χ2v) is 6.74. The molecule has 0 spiro atoms. The molecule has 9 heteroatoms. The van der Waals surface area contributed by atoms with Gasteiger partial charge >= 0.3 is 6.18 Å². The van der Waals surface area contributed by atoms with Gasteiger partial charge in [-0.05, 0) is 36.1 Å². The van der Waals surface area contributed by atoms with Gasteiger partial charge in [0, 0.05) is 17.8 Å². The van der Waals surface area contributed by atoms with Crippen LogP contribution < -0.4 is 4.74 Å². The Morgan fingerprint density at radius 3 is 2.46 bits per heavy atom. The van der Waals surface area contributed by atoms with E-state index in [0.717, 1.165) is 5.56 Å². The zero-order valence-electron chi connectivity index (χ0n) is 15.4. The van der Waals surface area contributed by atoms with Crippen molar-refractivity contribution in [2.45, 2.75) is 26.9 Å². The zero-order chi connectivity index (χ0) is 20.5. The minimum absolute atomic E-state index is 0.127. The van der Waals surface area contributed by atoms with Crippen LogP contribution in [-0.4, -0.2) is 26.8 Å². The maximum absolute atomic E-state index is 14.5. The lowest BCUT2D eigenvalue weighted by Crippen LogP contribution is -2.07. The molecule has 2 heterocycles. The fourth-order valence-electron chi connectivity index (χ4n) is 2.54. The molecule has 0 amide bonds. The molecule has 0 atom stereocenters. The number of aromatic amines is 1. The van der Waals surface area contributed by atoms with E-state index in [-0.39, 0.29) is 11.4 Å². The molecule has 0 saturated carbocycles. The first-order valence-electron chi connectivity index (χ1n) is 8.54. The molecule has 2 aromatic heterocycles. The lowest BCUT2D eigenvalue weighted by atomic mass is 10.0. The van der Waals surface area contributed by atoms with Gasteiger partial charge in [0.1, 0.15) is 5.82 Å². The van der Waals surface area contributed by atoms with Gasteiger partial charge in [-0.25, -0.2) is 14.4 Å². The number of nitrogens with one attached hydrogen (secondary N) is 1. The van der Waals surface area contributed by atoms with E-state index in [1.807, 2.05) is 20.8 Å². The number of hydrogen-bond donors (Lipinski definition) is 1. The molecule has 1 N–H and O–H groups in total.